The summed E-state index contributed by atoms with van der Waals surface area (Å²) in [6.45, 7) is 4.15. The Morgan fingerprint density at radius 1 is 1.18 bits per heavy atom. The molecule has 4 fully saturated rings. The van der Waals surface area contributed by atoms with Gasteiger partial charge in [0, 0.05) is 10.0 Å². The Labute approximate surface area is 141 Å². The second kappa shape index (κ2) is 4.83. The van der Waals surface area contributed by atoms with Crippen LogP contribution in [-0.4, -0.2) is 10.2 Å². The Morgan fingerprint density at radius 3 is 2.50 bits per heavy atom. The third-order valence-corrected chi connectivity index (χ3v) is 7.04. The van der Waals surface area contributed by atoms with Crippen molar-refractivity contribution in [2.24, 2.45) is 17.3 Å². The molecule has 0 heterocycles. The van der Waals surface area contributed by atoms with Gasteiger partial charge in [0.25, 0.3) is 0 Å². The number of benzene rings is 1. The van der Waals surface area contributed by atoms with Gasteiger partial charge in [-0.15, -0.1) is 0 Å². The van der Waals surface area contributed by atoms with Crippen LogP contribution in [0.15, 0.2) is 18.2 Å². The van der Waals surface area contributed by atoms with Crippen molar-refractivity contribution < 1.29 is 4.79 Å². The molecular weight excluding hydrogens is 338 g/mol. The molecule has 1 aromatic rings. The summed E-state index contributed by atoms with van der Waals surface area (Å²) < 4.78 is 0.232. The number of hydrogen-bond acceptors (Lipinski definition) is 1. The number of carbonyl (C=O) groups is 1. The maximum atomic E-state index is 13.1. The average Bonchev–Trinajstić information content (AvgIpc) is 2.40. The number of halogens is 1. The monoisotopic (exact) mass is 361 g/mol. The van der Waals surface area contributed by atoms with Crippen molar-refractivity contribution in [3.8, 4) is 0 Å². The topological polar surface area (TPSA) is 29.1 Å². The van der Waals surface area contributed by atoms with Gasteiger partial charge in [-0.25, -0.2) is 0 Å². The Kier molecular flexibility index (Phi) is 3.24. The van der Waals surface area contributed by atoms with Crippen LogP contribution < -0.4 is 5.32 Å². The van der Waals surface area contributed by atoms with Gasteiger partial charge in [-0.1, -0.05) is 28.1 Å². The lowest BCUT2D eigenvalue weighted by Gasteiger charge is -2.59. The third-order valence-electron chi connectivity index (χ3n) is 6.11. The van der Waals surface area contributed by atoms with Gasteiger partial charge in [-0.05, 0) is 81.4 Å². The number of amides is 1. The highest BCUT2D eigenvalue weighted by Crippen LogP contribution is 2.64. The van der Waals surface area contributed by atoms with E-state index < -0.39 is 0 Å². The van der Waals surface area contributed by atoms with Crippen molar-refractivity contribution in [1.29, 1.82) is 0 Å². The third kappa shape index (κ3) is 2.33. The van der Waals surface area contributed by atoms with Gasteiger partial charge in [0.2, 0.25) is 5.91 Å². The van der Waals surface area contributed by atoms with Crippen LogP contribution in [0.5, 0.6) is 0 Å². The van der Waals surface area contributed by atoms with Crippen LogP contribution >= 0.6 is 15.9 Å². The molecule has 22 heavy (non-hydrogen) atoms. The van der Waals surface area contributed by atoms with E-state index in [9.17, 15) is 4.79 Å². The molecule has 0 saturated heterocycles. The number of carbonyl (C=O) groups excluding carboxylic acids is 1. The first-order chi connectivity index (χ1) is 10.4. The molecule has 2 unspecified atom stereocenters. The predicted molar refractivity (Wildman–Crippen MR) is 93.3 cm³/mol. The lowest BCUT2D eigenvalue weighted by atomic mass is 9.49. The molecule has 1 amide bonds. The molecule has 2 nitrogen and oxygen atoms in total. The zero-order valence-corrected chi connectivity index (χ0v) is 15.0. The molecule has 0 radical (unpaired) electrons. The molecule has 1 aromatic carbocycles. The lowest BCUT2D eigenvalue weighted by molar-refractivity contribution is -0.138. The SMILES string of the molecule is Cc1ccc(C)c(NC(=O)C23C[C@@H]4C[C@@H](CC(Br)(C4)C2)C3)c1. The smallest absolute Gasteiger partial charge is 0.230 e. The Bertz CT molecular complexity index is 624. The van der Waals surface area contributed by atoms with Gasteiger partial charge < -0.3 is 5.32 Å². The maximum absolute atomic E-state index is 13.1. The molecule has 4 aliphatic carbocycles. The van der Waals surface area contributed by atoms with Crippen LogP contribution in [0.1, 0.15) is 49.7 Å². The summed E-state index contributed by atoms with van der Waals surface area (Å²) in [6, 6.07) is 6.29. The fourth-order valence-electron chi connectivity index (χ4n) is 5.54. The van der Waals surface area contributed by atoms with Gasteiger partial charge in [0.1, 0.15) is 0 Å². The molecule has 4 bridgehead atoms. The molecule has 4 aliphatic rings. The van der Waals surface area contributed by atoms with E-state index in [1.165, 1.54) is 24.8 Å². The first-order valence-electron chi connectivity index (χ1n) is 8.45. The molecular formula is C19H24BrNO. The van der Waals surface area contributed by atoms with Gasteiger partial charge in [-0.3, -0.25) is 4.79 Å². The minimum atomic E-state index is -0.135. The average molecular weight is 362 g/mol. The quantitative estimate of drug-likeness (QED) is 0.739. The van der Waals surface area contributed by atoms with Gasteiger partial charge in [0.05, 0.1) is 5.41 Å². The van der Waals surface area contributed by atoms with Crippen LogP contribution in [0.3, 0.4) is 0 Å². The van der Waals surface area contributed by atoms with Crippen molar-refractivity contribution in [1.82, 2.24) is 0 Å². The van der Waals surface area contributed by atoms with Crippen molar-refractivity contribution in [3.63, 3.8) is 0 Å². The van der Waals surface area contributed by atoms with E-state index in [4.69, 9.17) is 0 Å². The maximum Gasteiger partial charge on any atom is 0.230 e. The normalized spacial score (nSPS) is 39.0. The van der Waals surface area contributed by atoms with Crippen molar-refractivity contribution in [3.05, 3.63) is 29.3 Å². The highest BCUT2D eigenvalue weighted by molar-refractivity contribution is 9.10. The lowest BCUT2D eigenvalue weighted by Crippen LogP contribution is -2.57. The summed E-state index contributed by atoms with van der Waals surface area (Å²) in [6.07, 6.45) is 7.07. The van der Waals surface area contributed by atoms with Gasteiger partial charge in [0.15, 0.2) is 0 Å². The van der Waals surface area contributed by atoms with E-state index in [1.807, 2.05) is 0 Å². The van der Waals surface area contributed by atoms with E-state index in [2.05, 4.69) is 53.3 Å². The largest absolute Gasteiger partial charge is 0.325 e. The number of hydrogen-bond donors (Lipinski definition) is 1. The highest BCUT2D eigenvalue weighted by atomic mass is 79.9. The summed E-state index contributed by atoms with van der Waals surface area (Å²) in [5.74, 6) is 1.74. The molecule has 0 aliphatic heterocycles. The Morgan fingerprint density at radius 2 is 1.86 bits per heavy atom. The summed E-state index contributed by atoms with van der Waals surface area (Å²) in [7, 11) is 0. The standard InChI is InChI=1S/C19H24BrNO/c1-12-3-4-13(2)16(5-12)21-17(22)18-7-14-6-15(8-18)10-19(20,9-14)11-18/h3-5,14-15H,6-11H2,1-2H3,(H,21,22)/t14-,15+,18?,19?. The summed E-state index contributed by atoms with van der Waals surface area (Å²) in [5.41, 5.74) is 3.20. The molecule has 1 N–H and O–H groups in total. The number of alkyl halides is 1. The molecule has 0 spiro atoms. The predicted octanol–water partition coefficient (Wildman–Crippen LogP) is 4.98. The molecule has 4 atom stereocenters. The molecule has 118 valence electrons. The minimum Gasteiger partial charge on any atom is -0.325 e. The van der Waals surface area contributed by atoms with E-state index in [0.29, 0.717) is 0 Å². The zero-order valence-electron chi connectivity index (χ0n) is 13.4. The van der Waals surface area contributed by atoms with Crippen LogP contribution in [0.2, 0.25) is 0 Å². The van der Waals surface area contributed by atoms with E-state index >= 15 is 0 Å². The number of rotatable bonds is 2. The van der Waals surface area contributed by atoms with Gasteiger partial charge >= 0.3 is 0 Å². The van der Waals surface area contributed by atoms with E-state index in [-0.39, 0.29) is 15.6 Å². The molecule has 4 saturated carbocycles. The van der Waals surface area contributed by atoms with Crippen LogP contribution in [-0.2, 0) is 4.79 Å². The summed E-state index contributed by atoms with van der Waals surface area (Å²) >= 11 is 3.99. The Balaban J connectivity index is 1.61. The van der Waals surface area contributed by atoms with Crippen molar-refractivity contribution in [2.75, 3.05) is 5.32 Å². The minimum absolute atomic E-state index is 0.135. The van der Waals surface area contributed by atoms with Crippen LogP contribution in [0.25, 0.3) is 0 Å². The Hall–Kier alpha value is -0.830. The van der Waals surface area contributed by atoms with Crippen molar-refractivity contribution >= 4 is 27.5 Å². The number of anilines is 1. The second-order valence-electron chi connectivity index (χ2n) is 8.16. The molecule has 3 heteroatoms. The second-order valence-corrected chi connectivity index (χ2v) is 9.85. The first-order valence-corrected chi connectivity index (χ1v) is 9.24. The fraction of sp³-hybridized carbons (Fsp3) is 0.632. The van der Waals surface area contributed by atoms with Crippen LogP contribution in [0, 0.1) is 31.1 Å². The summed E-state index contributed by atoms with van der Waals surface area (Å²) in [5, 5.41) is 3.27. The zero-order chi connectivity index (χ0) is 15.5. The highest BCUT2D eigenvalue weighted by Gasteiger charge is 2.59. The number of nitrogens with one attached hydrogen (secondary N) is 1. The van der Waals surface area contributed by atoms with Gasteiger partial charge in [-0.2, -0.15) is 0 Å². The molecule has 5 rings (SSSR count). The number of aryl methyl sites for hydroxylation is 2. The first kappa shape index (κ1) is 14.7. The van der Waals surface area contributed by atoms with Crippen molar-refractivity contribution in [2.45, 2.75) is 56.7 Å². The van der Waals surface area contributed by atoms with E-state index in [1.54, 1.807) is 0 Å². The van der Waals surface area contributed by atoms with E-state index in [0.717, 1.165) is 42.3 Å². The molecule has 0 aromatic heterocycles. The van der Waals surface area contributed by atoms with Crippen LogP contribution in [0.4, 0.5) is 5.69 Å². The fourth-order valence-corrected chi connectivity index (χ4v) is 6.99. The summed E-state index contributed by atoms with van der Waals surface area (Å²) in [4.78, 5) is 13.1.